The quantitative estimate of drug-likeness (QED) is 0.784. The van der Waals surface area contributed by atoms with Gasteiger partial charge in [-0.25, -0.2) is 4.98 Å². The van der Waals surface area contributed by atoms with Crippen LogP contribution in [0.4, 0.5) is 5.95 Å². The molecule has 0 spiro atoms. The molecule has 0 aliphatic heterocycles. The van der Waals surface area contributed by atoms with Crippen LogP contribution in [0.15, 0.2) is 36.9 Å². The van der Waals surface area contributed by atoms with E-state index in [4.69, 9.17) is 0 Å². The van der Waals surface area contributed by atoms with Crippen LogP contribution < -0.4 is 5.32 Å². The molecule has 7 nitrogen and oxygen atoms in total. The zero-order valence-corrected chi connectivity index (χ0v) is 11.9. The van der Waals surface area contributed by atoms with E-state index in [0.717, 1.165) is 12.0 Å². The minimum atomic E-state index is 0.434. The number of hydrogen-bond acceptors (Lipinski definition) is 6. The first-order valence-corrected chi connectivity index (χ1v) is 6.68. The molecular formula is C14H15N7. The lowest BCUT2D eigenvalue weighted by Gasteiger charge is -2.07. The molecule has 0 aliphatic rings. The van der Waals surface area contributed by atoms with Crippen LogP contribution in [0.3, 0.4) is 0 Å². The van der Waals surface area contributed by atoms with Crippen molar-refractivity contribution in [1.29, 1.82) is 0 Å². The van der Waals surface area contributed by atoms with Crippen LogP contribution in [0.2, 0.25) is 0 Å². The fraction of sp³-hybridized carbons (Fsp3) is 0.214. The Labute approximate surface area is 122 Å². The maximum absolute atomic E-state index is 4.47. The van der Waals surface area contributed by atoms with E-state index in [0.29, 0.717) is 17.7 Å². The van der Waals surface area contributed by atoms with Crippen LogP contribution in [-0.2, 0) is 6.42 Å². The minimum absolute atomic E-state index is 0.434. The van der Waals surface area contributed by atoms with Crippen molar-refractivity contribution in [3.63, 3.8) is 0 Å². The third-order valence-electron chi connectivity index (χ3n) is 3.06. The average molecular weight is 281 g/mol. The maximum atomic E-state index is 4.47. The zero-order valence-electron chi connectivity index (χ0n) is 11.9. The van der Waals surface area contributed by atoms with Crippen molar-refractivity contribution < 1.29 is 0 Å². The van der Waals surface area contributed by atoms with Gasteiger partial charge in [0.05, 0.1) is 0 Å². The first-order valence-electron chi connectivity index (χ1n) is 6.68. The predicted molar refractivity (Wildman–Crippen MR) is 79.1 cm³/mol. The molecule has 0 saturated carbocycles. The molecule has 0 radical (unpaired) electrons. The highest BCUT2D eigenvalue weighted by molar-refractivity contribution is 5.58. The van der Waals surface area contributed by atoms with Gasteiger partial charge in [-0.2, -0.15) is 24.7 Å². The van der Waals surface area contributed by atoms with Gasteiger partial charge >= 0.3 is 0 Å². The fourth-order valence-electron chi connectivity index (χ4n) is 1.95. The van der Waals surface area contributed by atoms with E-state index >= 15 is 0 Å². The van der Waals surface area contributed by atoms with Gasteiger partial charge in [0.25, 0.3) is 5.95 Å². The van der Waals surface area contributed by atoms with Crippen molar-refractivity contribution >= 4 is 5.95 Å². The van der Waals surface area contributed by atoms with E-state index in [1.807, 2.05) is 12.1 Å². The van der Waals surface area contributed by atoms with E-state index in [1.54, 1.807) is 13.4 Å². The van der Waals surface area contributed by atoms with Gasteiger partial charge in [-0.05, 0) is 18.1 Å². The molecule has 0 unspecified atom stereocenters. The number of hydrogen-bond donors (Lipinski definition) is 1. The summed E-state index contributed by atoms with van der Waals surface area (Å²) in [5, 5.41) is 7.00. The Morgan fingerprint density at radius 2 is 2.10 bits per heavy atom. The molecule has 3 aromatic rings. The van der Waals surface area contributed by atoms with Gasteiger partial charge in [0, 0.05) is 12.6 Å². The molecule has 106 valence electrons. The highest BCUT2D eigenvalue weighted by Gasteiger charge is 2.10. The van der Waals surface area contributed by atoms with E-state index in [-0.39, 0.29) is 0 Å². The zero-order chi connectivity index (χ0) is 14.7. The second-order valence-electron chi connectivity index (χ2n) is 4.43. The third kappa shape index (κ3) is 2.71. The maximum Gasteiger partial charge on any atom is 0.257 e. The molecule has 0 saturated heterocycles. The molecule has 2 heterocycles. The normalized spacial score (nSPS) is 10.6. The Morgan fingerprint density at radius 1 is 1.19 bits per heavy atom. The van der Waals surface area contributed by atoms with Crippen LogP contribution in [-0.4, -0.2) is 36.8 Å². The SMILES string of the molecule is CCc1cccc(-c2nc(NC)nc(-n3cncn3)n2)c1. The molecule has 0 bridgehead atoms. The third-order valence-corrected chi connectivity index (χ3v) is 3.06. The number of rotatable bonds is 4. The summed E-state index contributed by atoms with van der Waals surface area (Å²) >= 11 is 0. The first kappa shape index (κ1) is 13.2. The van der Waals surface area contributed by atoms with Crippen LogP contribution in [0, 0.1) is 0 Å². The number of aryl methyl sites for hydroxylation is 1. The smallest absolute Gasteiger partial charge is 0.257 e. The first-order chi connectivity index (χ1) is 10.3. The van der Waals surface area contributed by atoms with Crippen molar-refractivity contribution in [1.82, 2.24) is 29.7 Å². The molecular weight excluding hydrogens is 266 g/mol. The van der Waals surface area contributed by atoms with Gasteiger partial charge in [0.1, 0.15) is 12.7 Å². The van der Waals surface area contributed by atoms with Gasteiger partial charge in [0.15, 0.2) is 5.82 Å². The Bertz CT molecular complexity index is 737. The highest BCUT2D eigenvalue weighted by atomic mass is 15.4. The van der Waals surface area contributed by atoms with E-state index in [1.165, 1.54) is 16.6 Å². The van der Waals surface area contributed by atoms with Crippen molar-refractivity contribution in [2.45, 2.75) is 13.3 Å². The van der Waals surface area contributed by atoms with Crippen LogP contribution in [0.25, 0.3) is 17.3 Å². The lowest BCUT2D eigenvalue weighted by Crippen LogP contribution is -2.08. The topological polar surface area (TPSA) is 81.4 Å². The van der Waals surface area contributed by atoms with Crippen molar-refractivity contribution in [2.24, 2.45) is 0 Å². The van der Waals surface area contributed by atoms with Gasteiger partial charge in [-0.3, -0.25) is 0 Å². The molecule has 1 aromatic carbocycles. The van der Waals surface area contributed by atoms with E-state index in [9.17, 15) is 0 Å². The molecule has 21 heavy (non-hydrogen) atoms. The number of aromatic nitrogens is 6. The Hall–Kier alpha value is -2.83. The average Bonchev–Trinajstić information content (AvgIpc) is 3.09. The van der Waals surface area contributed by atoms with Crippen molar-refractivity contribution in [3.05, 3.63) is 42.5 Å². The second-order valence-corrected chi connectivity index (χ2v) is 4.43. The van der Waals surface area contributed by atoms with Gasteiger partial charge in [-0.1, -0.05) is 25.1 Å². The molecule has 7 heteroatoms. The molecule has 0 aliphatic carbocycles. The largest absolute Gasteiger partial charge is 0.357 e. The van der Waals surface area contributed by atoms with Crippen LogP contribution in [0.5, 0.6) is 0 Å². The number of nitrogens with zero attached hydrogens (tertiary/aromatic N) is 6. The Balaban J connectivity index is 2.11. The van der Waals surface area contributed by atoms with E-state index < -0.39 is 0 Å². The van der Waals surface area contributed by atoms with Gasteiger partial charge < -0.3 is 5.32 Å². The predicted octanol–water partition coefficient (Wildman–Crippen LogP) is 1.72. The summed E-state index contributed by atoms with van der Waals surface area (Å²) in [6, 6.07) is 8.16. The summed E-state index contributed by atoms with van der Waals surface area (Å²) in [7, 11) is 1.77. The summed E-state index contributed by atoms with van der Waals surface area (Å²) in [4.78, 5) is 17.1. The number of anilines is 1. The highest BCUT2D eigenvalue weighted by Crippen LogP contribution is 2.19. The monoisotopic (exact) mass is 281 g/mol. The molecule has 0 atom stereocenters. The van der Waals surface area contributed by atoms with Crippen LogP contribution >= 0.6 is 0 Å². The van der Waals surface area contributed by atoms with Crippen LogP contribution in [0.1, 0.15) is 12.5 Å². The Kier molecular flexibility index (Phi) is 3.55. The molecule has 2 aromatic heterocycles. The number of nitrogens with one attached hydrogen (secondary N) is 1. The standard InChI is InChI=1S/C14H15N7/c1-3-10-5-4-6-11(7-10)12-18-13(15-2)20-14(19-12)21-9-16-8-17-21/h4-9H,3H2,1-2H3,(H,15,18,19,20). The summed E-state index contributed by atoms with van der Waals surface area (Å²) in [5.41, 5.74) is 2.19. The van der Waals surface area contributed by atoms with Gasteiger partial charge in [-0.15, -0.1) is 0 Å². The minimum Gasteiger partial charge on any atom is -0.357 e. The molecule has 3 rings (SSSR count). The molecule has 0 fully saturated rings. The second kappa shape index (κ2) is 5.66. The lowest BCUT2D eigenvalue weighted by molar-refractivity contribution is 0.798. The summed E-state index contributed by atoms with van der Waals surface area (Å²) in [5.74, 6) is 1.53. The van der Waals surface area contributed by atoms with E-state index in [2.05, 4.69) is 49.4 Å². The lowest BCUT2D eigenvalue weighted by atomic mass is 10.1. The summed E-state index contributed by atoms with van der Waals surface area (Å²) in [6.45, 7) is 2.12. The fourth-order valence-corrected chi connectivity index (χ4v) is 1.95. The van der Waals surface area contributed by atoms with Crippen molar-refractivity contribution in [3.8, 4) is 17.3 Å². The molecule has 1 N–H and O–H groups in total. The van der Waals surface area contributed by atoms with Crippen molar-refractivity contribution in [2.75, 3.05) is 12.4 Å². The summed E-state index contributed by atoms with van der Waals surface area (Å²) < 4.78 is 1.51. The van der Waals surface area contributed by atoms with Gasteiger partial charge in [0.2, 0.25) is 5.95 Å². The summed E-state index contributed by atoms with van der Waals surface area (Å²) in [6.07, 6.45) is 3.97. The number of benzene rings is 1. The molecule has 0 amide bonds. The Morgan fingerprint density at radius 3 is 2.81 bits per heavy atom.